The van der Waals surface area contributed by atoms with Gasteiger partial charge in [-0.3, -0.25) is 9.48 Å². The second kappa shape index (κ2) is 6.30. The minimum Gasteiger partial charge on any atom is -0.373 e. The van der Waals surface area contributed by atoms with E-state index >= 15 is 0 Å². The van der Waals surface area contributed by atoms with Crippen LogP contribution in [0.4, 0.5) is 5.69 Å². The highest BCUT2D eigenvalue weighted by atomic mass is 16.5. The highest BCUT2D eigenvalue weighted by Crippen LogP contribution is 2.39. The smallest absolute Gasteiger partial charge is 0.233 e. The largest absolute Gasteiger partial charge is 0.373 e. The summed E-state index contributed by atoms with van der Waals surface area (Å²) in [4.78, 5) is 15.4. The van der Waals surface area contributed by atoms with Gasteiger partial charge in [0.25, 0.3) is 0 Å². The third kappa shape index (κ3) is 2.76. The molecule has 5 heteroatoms. The number of nitrogens with zero attached hydrogens (tertiary/aromatic N) is 3. The number of anilines is 1. The van der Waals surface area contributed by atoms with Crippen LogP contribution in [-0.2, 0) is 23.0 Å². The number of benzene rings is 1. The van der Waals surface area contributed by atoms with E-state index in [4.69, 9.17) is 4.74 Å². The summed E-state index contributed by atoms with van der Waals surface area (Å²) in [5.41, 5.74) is 5.73. The molecule has 1 aromatic carbocycles. The molecule has 4 rings (SSSR count). The summed E-state index contributed by atoms with van der Waals surface area (Å²) in [6.45, 7) is 5.56. The highest BCUT2D eigenvalue weighted by molar-refractivity contribution is 5.96. The number of fused-ring (bicyclic) bond motifs is 1. The molecule has 0 bridgehead atoms. The van der Waals surface area contributed by atoms with Crippen LogP contribution in [0.25, 0.3) is 0 Å². The zero-order valence-electron chi connectivity index (χ0n) is 15.2. The van der Waals surface area contributed by atoms with E-state index in [0.717, 1.165) is 42.8 Å². The van der Waals surface area contributed by atoms with Crippen molar-refractivity contribution in [1.82, 2.24) is 9.78 Å². The molecule has 0 saturated carbocycles. The fraction of sp³-hybridized carbons (Fsp3) is 0.500. The summed E-state index contributed by atoms with van der Waals surface area (Å²) in [6, 6.07) is 6.41. The van der Waals surface area contributed by atoms with Gasteiger partial charge in [-0.2, -0.15) is 5.10 Å². The molecule has 2 aliphatic heterocycles. The highest BCUT2D eigenvalue weighted by Gasteiger charge is 2.40. The monoisotopic (exact) mass is 339 g/mol. The van der Waals surface area contributed by atoms with Crippen molar-refractivity contribution in [3.8, 4) is 0 Å². The third-order valence-corrected chi connectivity index (χ3v) is 5.61. The van der Waals surface area contributed by atoms with Crippen molar-refractivity contribution in [2.45, 2.75) is 39.2 Å². The number of hydrogen-bond donors (Lipinski definition) is 0. The topological polar surface area (TPSA) is 47.4 Å². The van der Waals surface area contributed by atoms with E-state index in [1.54, 1.807) is 0 Å². The number of carbonyl (C=O) groups excluding carboxylic acids is 1. The predicted octanol–water partition coefficient (Wildman–Crippen LogP) is 3.09. The molecular formula is C20H25N3O2. The molecule has 1 aromatic heterocycles. The minimum atomic E-state index is -0.183. The van der Waals surface area contributed by atoms with Crippen molar-refractivity contribution in [2.24, 2.45) is 13.0 Å². The first kappa shape index (κ1) is 16.3. The summed E-state index contributed by atoms with van der Waals surface area (Å²) in [5.74, 6) is 0.0608. The molecule has 5 nitrogen and oxygen atoms in total. The normalized spacial score (nSPS) is 22.9. The maximum absolute atomic E-state index is 13.4. The van der Waals surface area contributed by atoms with E-state index in [1.807, 2.05) is 29.7 Å². The van der Waals surface area contributed by atoms with Gasteiger partial charge < -0.3 is 9.64 Å². The summed E-state index contributed by atoms with van der Waals surface area (Å²) in [5, 5.41) is 4.32. The van der Waals surface area contributed by atoms with Crippen molar-refractivity contribution < 1.29 is 9.53 Å². The molecule has 2 aliphatic rings. The average molecular weight is 339 g/mol. The van der Waals surface area contributed by atoms with E-state index in [9.17, 15) is 4.79 Å². The molecule has 1 amide bonds. The van der Waals surface area contributed by atoms with Crippen molar-refractivity contribution >= 4 is 11.6 Å². The molecule has 0 radical (unpaired) electrons. The van der Waals surface area contributed by atoms with Gasteiger partial charge in [0.15, 0.2) is 0 Å². The van der Waals surface area contributed by atoms with Gasteiger partial charge in [-0.25, -0.2) is 0 Å². The minimum absolute atomic E-state index is 0.129. The molecule has 2 atom stereocenters. The number of amides is 1. The van der Waals surface area contributed by atoms with Crippen molar-refractivity contribution in [3.63, 3.8) is 0 Å². The van der Waals surface area contributed by atoms with Gasteiger partial charge in [-0.1, -0.05) is 17.7 Å². The van der Waals surface area contributed by atoms with Gasteiger partial charge >= 0.3 is 0 Å². The lowest BCUT2D eigenvalue weighted by Gasteiger charge is -2.32. The molecule has 25 heavy (non-hydrogen) atoms. The number of carbonyl (C=O) groups is 1. The van der Waals surface area contributed by atoms with Crippen LogP contribution in [0.1, 0.15) is 41.3 Å². The van der Waals surface area contributed by atoms with Gasteiger partial charge in [0.2, 0.25) is 5.91 Å². The molecule has 0 spiro atoms. The summed E-state index contributed by atoms with van der Waals surface area (Å²) in [7, 11) is 1.92. The number of hydrogen-bond acceptors (Lipinski definition) is 3. The van der Waals surface area contributed by atoms with Crippen molar-refractivity contribution in [3.05, 3.63) is 46.8 Å². The number of ether oxygens (including phenoxy) is 1. The zero-order chi connectivity index (χ0) is 17.6. The molecule has 0 aliphatic carbocycles. The Morgan fingerprint density at radius 2 is 2.16 bits per heavy atom. The third-order valence-electron chi connectivity index (χ3n) is 5.61. The molecule has 1 saturated heterocycles. The molecule has 0 N–H and O–H groups in total. The van der Waals surface area contributed by atoms with Crippen LogP contribution < -0.4 is 4.90 Å². The van der Waals surface area contributed by atoms with Gasteiger partial charge in [-0.05, 0) is 44.7 Å². The number of aromatic nitrogens is 2. The molecule has 132 valence electrons. The quantitative estimate of drug-likeness (QED) is 0.845. The van der Waals surface area contributed by atoms with Crippen LogP contribution in [0, 0.1) is 19.8 Å². The van der Waals surface area contributed by atoms with Gasteiger partial charge in [0.05, 0.1) is 18.2 Å². The molecule has 3 heterocycles. The SMILES string of the molecule is Cc1ccc2c(c1)CCCN2C(=O)[C@H]1CCO[C@@H]1c1cnn(C)c1C. The van der Waals surface area contributed by atoms with E-state index in [1.165, 1.54) is 11.1 Å². The van der Waals surface area contributed by atoms with Crippen LogP contribution in [0.2, 0.25) is 0 Å². The Morgan fingerprint density at radius 1 is 1.32 bits per heavy atom. The van der Waals surface area contributed by atoms with Crippen LogP contribution in [-0.4, -0.2) is 28.8 Å². The second-order valence-corrected chi connectivity index (χ2v) is 7.22. The molecule has 2 aromatic rings. The fourth-order valence-electron chi connectivity index (χ4n) is 4.10. The Kier molecular flexibility index (Phi) is 4.12. The molecule has 0 unspecified atom stereocenters. The van der Waals surface area contributed by atoms with Gasteiger partial charge in [-0.15, -0.1) is 0 Å². The lowest BCUT2D eigenvalue weighted by atomic mass is 9.92. The Morgan fingerprint density at radius 3 is 2.92 bits per heavy atom. The van der Waals surface area contributed by atoms with E-state index in [0.29, 0.717) is 6.61 Å². The summed E-state index contributed by atoms with van der Waals surface area (Å²) >= 11 is 0. The van der Waals surface area contributed by atoms with Crippen LogP contribution in [0.15, 0.2) is 24.4 Å². The second-order valence-electron chi connectivity index (χ2n) is 7.22. The standard InChI is InChI=1S/C20H25N3O2/c1-13-6-7-18-15(11-13)5-4-9-23(18)20(24)16-8-10-25-19(16)17-12-21-22(3)14(17)2/h6-7,11-12,16,19H,4-5,8-10H2,1-3H3/t16-,19-/m0/s1. The number of aryl methyl sites for hydroxylation is 3. The Labute approximate surface area is 148 Å². The Hall–Kier alpha value is -2.14. The molecule has 1 fully saturated rings. The average Bonchev–Trinajstić information content (AvgIpc) is 3.21. The first-order valence-electron chi connectivity index (χ1n) is 9.07. The van der Waals surface area contributed by atoms with Crippen LogP contribution >= 0.6 is 0 Å². The number of rotatable bonds is 2. The van der Waals surface area contributed by atoms with Crippen LogP contribution in [0.3, 0.4) is 0 Å². The van der Waals surface area contributed by atoms with E-state index < -0.39 is 0 Å². The molecular weight excluding hydrogens is 314 g/mol. The van der Waals surface area contributed by atoms with Crippen molar-refractivity contribution in [1.29, 1.82) is 0 Å². The van der Waals surface area contributed by atoms with Crippen molar-refractivity contribution in [2.75, 3.05) is 18.1 Å². The van der Waals surface area contributed by atoms with Crippen LogP contribution in [0.5, 0.6) is 0 Å². The van der Waals surface area contributed by atoms with E-state index in [-0.39, 0.29) is 17.9 Å². The maximum atomic E-state index is 13.4. The summed E-state index contributed by atoms with van der Waals surface area (Å²) < 4.78 is 7.81. The lowest BCUT2D eigenvalue weighted by Crippen LogP contribution is -2.40. The first-order valence-corrected chi connectivity index (χ1v) is 9.07. The summed E-state index contributed by atoms with van der Waals surface area (Å²) in [6.07, 6.45) is 4.51. The van der Waals surface area contributed by atoms with Gasteiger partial charge in [0.1, 0.15) is 0 Å². The maximum Gasteiger partial charge on any atom is 0.233 e. The Bertz CT molecular complexity index is 811. The zero-order valence-corrected chi connectivity index (χ0v) is 15.2. The first-order chi connectivity index (χ1) is 12.1. The van der Waals surface area contributed by atoms with E-state index in [2.05, 4.69) is 30.2 Å². The lowest BCUT2D eigenvalue weighted by molar-refractivity contribution is -0.124. The predicted molar refractivity (Wildman–Crippen MR) is 96.6 cm³/mol. The van der Waals surface area contributed by atoms with Gasteiger partial charge in [0, 0.05) is 37.1 Å². The fourth-order valence-corrected chi connectivity index (χ4v) is 4.10. The Balaban J connectivity index is 1.64.